The lowest BCUT2D eigenvalue weighted by Crippen LogP contribution is -2.73. The molecule has 0 unspecified atom stereocenters. The minimum absolute atomic E-state index is 0.0287. The third kappa shape index (κ3) is 11.7. The number of nitrogens with two attached hydrogens (primary N) is 2. The van der Waals surface area contributed by atoms with Crippen LogP contribution in [0.3, 0.4) is 0 Å². The van der Waals surface area contributed by atoms with Gasteiger partial charge in [0.15, 0.2) is 19.6 Å². The number of amides is 2. The highest BCUT2D eigenvalue weighted by Gasteiger charge is 2.62. The number of carbonyl (C=O) groups excluding carboxylic acids is 3. The minimum Gasteiger partial charge on any atom is -0.493 e. The highest BCUT2D eigenvalue weighted by Crippen LogP contribution is 2.36. The summed E-state index contributed by atoms with van der Waals surface area (Å²) in [5.74, 6) is -0.889. The summed E-state index contributed by atoms with van der Waals surface area (Å²) in [4.78, 5) is 44.0. The van der Waals surface area contributed by atoms with Gasteiger partial charge in [-0.25, -0.2) is 9.28 Å². The Bertz CT molecular complexity index is 1960. The lowest BCUT2D eigenvalue weighted by atomic mass is 10.2. The number of piperazine rings is 1. The molecule has 0 aliphatic carbocycles. The molecule has 18 nitrogen and oxygen atoms in total. The summed E-state index contributed by atoms with van der Waals surface area (Å²) < 4.78 is 83.2. The van der Waals surface area contributed by atoms with Crippen molar-refractivity contribution in [3.8, 4) is 11.5 Å². The smallest absolute Gasteiger partial charge is 0.493 e. The van der Waals surface area contributed by atoms with Crippen molar-refractivity contribution in [2.75, 3.05) is 52.5 Å². The van der Waals surface area contributed by atoms with E-state index < -0.39 is 87.3 Å². The lowest BCUT2D eigenvalue weighted by molar-refractivity contribution is -0.919. The Balaban J connectivity index is 2.05. The quantitative estimate of drug-likeness (QED) is 0.0406. The van der Waals surface area contributed by atoms with E-state index in [4.69, 9.17) is 39.4 Å². The molecule has 2 aromatic carbocycles. The van der Waals surface area contributed by atoms with Crippen LogP contribution in [0.1, 0.15) is 60.5 Å². The number of guanidine groups is 1. The molecule has 0 aromatic heterocycles. The first-order chi connectivity index (χ1) is 25.4. The Kier molecular flexibility index (Phi) is 14.2. The monoisotopic (exact) mass is 815 g/mol. The van der Waals surface area contributed by atoms with E-state index in [0.717, 1.165) is 12.1 Å². The van der Waals surface area contributed by atoms with Crippen LogP contribution in [0.4, 0.5) is 9.59 Å². The molecule has 306 valence electrons. The number of nitrogens with zero attached hydrogens (tertiary/aromatic N) is 3. The molecule has 1 heterocycles. The van der Waals surface area contributed by atoms with Crippen molar-refractivity contribution in [3.05, 3.63) is 48.0 Å². The Morgan fingerprint density at radius 1 is 0.800 bits per heavy atom. The topological polar surface area (TPSA) is 239 Å². The van der Waals surface area contributed by atoms with Gasteiger partial charge in [0.1, 0.15) is 52.2 Å². The predicted molar refractivity (Wildman–Crippen MR) is 198 cm³/mol. The molecule has 0 spiro atoms. The van der Waals surface area contributed by atoms with Crippen molar-refractivity contribution in [1.29, 1.82) is 0 Å². The predicted octanol–water partition coefficient (Wildman–Crippen LogP) is 3.51. The van der Waals surface area contributed by atoms with E-state index in [0.29, 0.717) is 12.0 Å². The van der Waals surface area contributed by atoms with E-state index in [-0.39, 0.29) is 50.4 Å². The minimum atomic E-state index is -5.03. The second-order valence-corrected chi connectivity index (χ2v) is 18.4. The summed E-state index contributed by atoms with van der Waals surface area (Å²) in [6.07, 6.45) is -1.65. The number of carbonyl (C=O) groups is 3. The van der Waals surface area contributed by atoms with E-state index in [1.54, 1.807) is 61.5 Å². The number of benzene rings is 2. The van der Waals surface area contributed by atoms with E-state index in [1.165, 1.54) is 24.3 Å². The molecule has 2 amide bonds. The zero-order valence-electron chi connectivity index (χ0n) is 32.5. The number of oxime groups is 1. The van der Waals surface area contributed by atoms with E-state index in [9.17, 15) is 31.2 Å². The second kappa shape index (κ2) is 17.4. The molecule has 3 rings (SSSR count). The summed E-state index contributed by atoms with van der Waals surface area (Å²) in [5, 5.41) is 3.42. The number of esters is 1. The molecule has 1 fully saturated rings. The van der Waals surface area contributed by atoms with Gasteiger partial charge in [-0.1, -0.05) is 12.1 Å². The first-order valence-corrected chi connectivity index (χ1v) is 20.3. The number of sulfonamides is 1. The van der Waals surface area contributed by atoms with Gasteiger partial charge < -0.3 is 39.4 Å². The van der Waals surface area contributed by atoms with Crippen LogP contribution < -0.4 is 20.4 Å². The maximum Gasteiger partial charge on any atom is 0.532 e. The summed E-state index contributed by atoms with van der Waals surface area (Å²) >= 11 is 0. The van der Waals surface area contributed by atoms with Crippen molar-refractivity contribution < 1.29 is 67.6 Å². The molecule has 2 aromatic rings. The number of hydrogen-bond donors (Lipinski definition) is 2. The number of quaternary nitrogens is 2. The van der Waals surface area contributed by atoms with Gasteiger partial charge in [0.2, 0.25) is 5.96 Å². The molecule has 20 heteroatoms. The first-order valence-electron chi connectivity index (χ1n) is 17.5. The highest BCUT2D eigenvalue weighted by molar-refractivity contribution is 7.90. The first kappa shape index (κ1) is 44.7. The number of rotatable bonds is 14. The van der Waals surface area contributed by atoms with Crippen molar-refractivity contribution in [1.82, 2.24) is 0 Å². The van der Waals surface area contributed by atoms with Crippen LogP contribution in [0.15, 0.2) is 57.4 Å². The molecule has 0 bridgehead atoms. The number of ether oxygens (including phenoxy) is 4. The van der Waals surface area contributed by atoms with Gasteiger partial charge in [-0.15, -0.1) is 3.89 Å². The van der Waals surface area contributed by atoms with Gasteiger partial charge in [0, 0.05) is 12.5 Å². The van der Waals surface area contributed by atoms with Gasteiger partial charge in [0.05, 0.1) is 13.2 Å². The van der Waals surface area contributed by atoms with Crippen LogP contribution in [-0.4, -0.2) is 113 Å². The molecule has 1 aliphatic rings. The maximum absolute atomic E-state index is 14.9. The Morgan fingerprint density at radius 2 is 1.36 bits per heavy atom. The third-order valence-corrected chi connectivity index (χ3v) is 11.7. The van der Waals surface area contributed by atoms with Gasteiger partial charge >= 0.3 is 38.3 Å². The van der Waals surface area contributed by atoms with Gasteiger partial charge in [-0.3, -0.25) is 0 Å². The van der Waals surface area contributed by atoms with E-state index >= 15 is 0 Å². The fourth-order valence-corrected chi connectivity index (χ4v) is 8.97. The van der Waals surface area contributed by atoms with Gasteiger partial charge in [-0.05, 0) is 90.4 Å². The summed E-state index contributed by atoms with van der Waals surface area (Å²) in [7, 11) is -9.93. The standard InChI is InChI=1S/C35H53N5O13S2/c1-9-48-30(41)24-39(32(42)51-34(3,4)5)15-17-40(18-16-39,33(43)52-35(6,7)8)54(44,45)28-13-10-11-14-29(28)55(46,47)53-27-22-25(2)21-26(23-27)49-19-12-20-50-38-31(36)37/h10-11,13-14,21-23H,9,12,15-20,24H2,1-8H3,(H4,36,37,38)/q+2. The second-order valence-electron chi connectivity index (χ2n) is 14.8. The average molecular weight is 816 g/mol. The Morgan fingerprint density at radius 3 is 1.93 bits per heavy atom. The van der Waals surface area contributed by atoms with Crippen molar-refractivity contribution in [3.63, 3.8) is 0 Å². The van der Waals surface area contributed by atoms with E-state index in [1.807, 2.05) is 0 Å². The molecule has 0 saturated carbocycles. The molecule has 1 aliphatic heterocycles. The molecular weight excluding hydrogens is 763 g/mol. The molecule has 0 atom stereocenters. The largest absolute Gasteiger partial charge is 0.532 e. The van der Waals surface area contributed by atoms with Crippen LogP contribution in [0.2, 0.25) is 0 Å². The van der Waals surface area contributed by atoms with Crippen molar-refractivity contribution in [2.24, 2.45) is 16.6 Å². The van der Waals surface area contributed by atoms with Crippen LogP contribution in [-0.2, 0) is 44.0 Å². The average Bonchev–Trinajstić information content (AvgIpc) is 3.04. The summed E-state index contributed by atoms with van der Waals surface area (Å²) in [6.45, 7) is 10.7. The Labute approximate surface area is 322 Å². The third-order valence-electron chi connectivity index (χ3n) is 7.93. The SMILES string of the molecule is CCOC(=O)C[N+]1(C(=O)OC(C)(C)C)CC[N+](C(=O)OC(C)(C)C)(S(=O)(=O)c2ccccc2S(=O)(=O)Oc2cc(C)cc(OCCCON=C(N)N)c2)CC1. The highest BCUT2D eigenvalue weighted by atomic mass is 32.2. The fraction of sp³-hybridized carbons (Fsp3) is 0.543. The molecule has 0 radical (unpaired) electrons. The number of hydrogen-bond acceptors (Lipinski definition) is 14. The van der Waals surface area contributed by atoms with Crippen LogP contribution >= 0.6 is 0 Å². The molecule has 4 N–H and O–H groups in total. The fourth-order valence-electron chi connectivity index (χ4n) is 5.52. The normalized spacial score (nSPS) is 19.1. The Hall–Kier alpha value is -4.66. The summed E-state index contributed by atoms with van der Waals surface area (Å²) in [6, 6.07) is 9.08. The lowest BCUT2D eigenvalue weighted by Gasteiger charge is -2.44. The van der Waals surface area contributed by atoms with Crippen molar-refractivity contribution >= 4 is 44.3 Å². The zero-order valence-corrected chi connectivity index (χ0v) is 34.2. The molecule has 55 heavy (non-hydrogen) atoms. The van der Waals surface area contributed by atoms with E-state index in [2.05, 4.69) is 5.16 Å². The van der Waals surface area contributed by atoms with Crippen LogP contribution in [0, 0.1) is 6.92 Å². The van der Waals surface area contributed by atoms with Crippen LogP contribution in [0.25, 0.3) is 0 Å². The van der Waals surface area contributed by atoms with Gasteiger partial charge in [0.25, 0.3) is 0 Å². The maximum atomic E-state index is 14.9. The van der Waals surface area contributed by atoms with Gasteiger partial charge in [-0.2, -0.15) is 26.4 Å². The van der Waals surface area contributed by atoms with Crippen LogP contribution in [0.5, 0.6) is 11.5 Å². The number of aryl methyl sites for hydroxylation is 1. The molecule has 1 saturated heterocycles. The van der Waals surface area contributed by atoms with Crippen molar-refractivity contribution in [2.45, 2.75) is 82.8 Å². The summed E-state index contributed by atoms with van der Waals surface area (Å²) in [5.41, 5.74) is 8.86. The molecular formula is C35H53N5O13S2+2. The zero-order chi connectivity index (χ0) is 41.5.